The fraction of sp³-hybridized carbons (Fsp3) is 0.231. The van der Waals surface area contributed by atoms with Crippen molar-refractivity contribution in [3.8, 4) is 0 Å². The van der Waals surface area contributed by atoms with E-state index in [-0.39, 0.29) is 0 Å². The summed E-state index contributed by atoms with van der Waals surface area (Å²) in [6.45, 7) is 7.26. The highest BCUT2D eigenvalue weighted by atomic mass is 127. The van der Waals surface area contributed by atoms with Crippen LogP contribution in [0.3, 0.4) is 0 Å². The summed E-state index contributed by atoms with van der Waals surface area (Å²) in [6, 6.07) is 6.93. The lowest BCUT2D eigenvalue weighted by atomic mass is 10.2. The maximum Gasteiger partial charge on any atom is 0.0904 e. The van der Waals surface area contributed by atoms with Crippen molar-refractivity contribution < 1.29 is 0 Å². The predicted molar refractivity (Wildman–Crippen MR) is 101 cm³/mol. The summed E-state index contributed by atoms with van der Waals surface area (Å²) >= 11 is 10.0. The lowest BCUT2D eigenvalue weighted by Gasteiger charge is -2.11. The Labute approximate surface area is 138 Å². The summed E-state index contributed by atoms with van der Waals surface area (Å²) in [5, 5.41) is 2.77. The van der Waals surface area contributed by atoms with Crippen molar-refractivity contribution in [3.05, 3.63) is 25.6 Å². The number of hydrogen-bond acceptors (Lipinski definition) is 2. The van der Waals surface area contributed by atoms with Crippen LogP contribution in [0.15, 0.2) is 22.7 Å². The Hall–Kier alpha value is 0.567. The Morgan fingerprint density at radius 2 is 1.83 bits per heavy atom. The van der Waals surface area contributed by atoms with Gasteiger partial charge < -0.3 is 0 Å². The van der Waals surface area contributed by atoms with E-state index in [1.165, 1.54) is 27.5 Å². The van der Waals surface area contributed by atoms with E-state index >= 15 is 0 Å². The highest BCUT2D eigenvalue weighted by molar-refractivity contribution is 14.1. The number of benzene rings is 1. The van der Waals surface area contributed by atoms with Gasteiger partial charge in [-0.15, -0.1) is 22.7 Å². The Bertz CT molecular complexity index is 752. The first-order valence-corrected chi connectivity index (χ1v) is 12.7. The molecule has 0 bridgehead atoms. The van der Waals surface area contributed by atoms with E-state index in [1.54, 1.807) is 4.50 Å². The molecule has 0 aliphatic carbocycles. The Balaban J connectivity index is 2.40. The molecule has 2 heterocycles. The standard InChI is InChI=1S/C13H12BrIS2Si/c1-18(2,3)9-6-7-4-5-8-10(14)13(15)17-12(8)11(7)16-9/h4-6H,1-3H3. The fourth-order valence-electron chi connectivity index (χ4n) is 1.96. The number of fused-ring (bicyclic) bond motifs is 3. The van der Waals surface area contributed by atoms with Gasteiger partial charge in [0.1, 0.15) is 0 Å². The first kappa shape index (κ1) is 13.5. The molecule has 94 valence electrons. The summed E-state index contributed by atoms with van der Waals surface area (Å²) in [7, 11) is -1.20. The van der Waals surface area contributed by atoms with Crippen LogP contribution >= 0.6 is 61.2 Å². The Kier molecular flexibility index (Phi) is 3.42. The van der Waals surface area contributed by atoms with Crippen molar-refractivity contribution in [2.75, 3.05) is 0 Å². The molecule has 3 aromatic rings. The van der Waals surface area contributed by atoms with E-state index in [0.29, 0.717) is 0 Å². The molecule has 3 rings (SSSR count). The van der Waals surface area contributed by atoms with Gasteiger partial charge in [0.05, 0.1) is 20.4 Å². The fourth-order valence-corrected chi connectivity index (χ4v) is 7.71. The first-order chi connectivity index (χ1) is 8.38. The van der Waals surface area contributed by atoms with Crippen LogP contribution in [-0.2, 0) is 0 Å². The SMILES string of the molecule is C[Si](C)(C)c1cc2ccc3c(Br)c(I)sc3c2s1. The Morgan fingerprint density at radius 3 is 2.50 bits per heavy atom. The summed E-state index contributed by atoms with van der Waals surface area (Å²) in [4.78, 5) is 0. The maximum absolute atomic E-state index is 3.70. The van der Waals surface area contributed by atoms with Crippen LogP contribution in [0.25, 0.3) is 20.2 Å². The van der Waals surface area contributed by atoms with Crippen LogP contribution < -0.4 is 4.50 Å². The summed E-state index contributed by atoms with van der Waals surface area (Å²) in [5.74, 6) is 0. The molecule has 0 N–H and O–H groups in total. The van der Waals surface area contributed by atoms with E-state index in [0.717, 1.165) is 0 Å². The van der Waals surface area contributed by atoms with Gasteiger partial charge in [-0.1, -0.05) is 31.8 Å². The van der Waals surface area contributed by atoms with Gasteiger partial charge in [0.25, 0.3) is 0 Å². The lowest BCUT2D eigenvalue weighted by Crippen LogP contribution is -2.34. The summed E-state index contributed by atoms with van der Waals surface area (Å²) in [6.07, 6.45) is 0. The molecule has 0 radical (unpaired) electrons. The molecule has 0 saturated heterocycles. The maximum atomic E-state index is 3.70. The molecule has 18 heavy (non-hydrogen) atoms. The van der Waals surface area contributed by atoms with E-state index in [9.17, 15) is 0 Å². The molecular formula is C13H12BrIS2Si. The molecular weight excluding hydrogens is 455 g/mol. The minimum Gasteiger partial charge on any atom is -0.143 e. The van der Waals surface area contributed by atoms with Crippen molar-refractivity contribution >= 4 is 93.9 Å². The van der Waals surface area contributed by atoms with E-state index < -0.39 is 8.07 Å². The number of hydrogen-bond donors (Lipinski definition) is 0. The second kappa shape index (κ2) is 4.55. The predicted octanol–water partition coefficient (Wildman–Crippen LogP) is 6.03. The zero-order valence-electron chi connectivity index (χ0n) is 10.3. The van der Waals surface area contributed by atoms with Gasteiger partial charge >= 0.3 is 0 Å². The van der Waals surface area contributed by atoms with Gasteiger partial charge in [0, 0.05) is 9.86 Å². The van der Waals surface area contributed by atoms with Gasteiger partial charge in [0.15, 0.2) is 0 Å². The highest BCUT2D eigenvalue weighted by Crippen LogP contribution is 2.41. The van der Waals surface area contributed by atoms with Crippen LogP contribution in [0.2, 0.25) is 19.6 Å². The number of halogens is 2. The molecule has 0 amide bonds. The summed E-state index contributed by atoms with van der Waals surface area (Å²) in [5.41, 5.74) is 0. The summed E-state index contributed by atoms with van der Waals surface area (Å²) < 4.78 is 7.12. The smallest absolute Gasteiger partial charge is 0.0904 e. The van der Waals surface area contributed by atoms with Crippen LogP contribution in [0.1, 0.15) is 0 Å². The third-order valence-electron chi connectivity index (χ3n) is 2.98. The second-order valence-corrected chi connectivity index (χ2v) is 15.5. The Morgan fingerprint density at radius 1 is 1.11 bits per heavy atom. The average molecular weight is 467 g/mol. The molecule has 0 atom stereocenters. The van der Waals surface area contributed by atoms with Gasteiger partial charge in [-0.25, -0.2) is 0 Å². The normalized spacial score (nSPS) is 12.7. The minimum absolute atomic E-state index is 1.20. The van der Waals surface area contributed by atoms with Gasteiger partial charge in [0.2, 0.25) is 0 Å². The van der Waals surface area contributed by atoms with Crippen molar-refractivity contribution in [1.29, 1.82) is 0 Å². The molecule has 0 aliphatic rings. The molecule has 0 saturated carbocycles. The molecule has 2 aromatic heterocycles. The molecule has 0 aliphatic heterocycles. The van der Waals surface area contributed by atoms with Crippen molar-refractivity contribution in [3.63, 3.8) is 0 Å². The monoisotopic (exact) mass is 466 g/mol. The van der Waals surface area contributed by atoms with E-state index in [1.807, 2.05) is 22.7 Å². The molecule has 0 fully saturated rings. The quantitative estimate of drug-likeness (QED) is 0.303. The third kappa shape index (κ3) is 2.12. The lowest BCUT2D eigenvalue weighted by molar-refractivity contribution is 1.79. The van der Waals surface area contributed by atoms with Crippen LogP contribution in [0, 0.1) is 2.88 Å². The van der Waals surface area contributed by atoms with Crippen LogP contribution in [0.5, 0.6) is 0 Å². The highest BCUT2D eigenvalue weighted by Gasteiger charge is 2.21. The molecule has 0 spiro atoms. The molecule has 0 nitrogen and oxygen atoms in total. The zero-order valence-corrected chi connectivity index (χ0v) is 16.7. The van der Waals surface area contributed by atoms with Crippen molar-refractivity contribution in [2.24, 2.45) is 0 Å². The van der Waals surface area contributed by atoms with Crippen LogP contribution in [0.4, 0.5) is 0 Å². The number of thiophene rings is 2. The molecule has 5 heteroatoms. The first-order valence-electron chi connectivity index (χ1n) is 5.68. The zero-order chi connectivity index (χ0) is 13.1. The van der Waals surface area contributed by atoms with Crippen molar-refractivity contribution in [2.45, 2.75) is 19.6 Å². The van der Waals surface area contributed by atoms with Crippen molar-refractivity contribution in [1.82, 2.24) is 0 Å². The van der Waals surface area contributed by atoms with E-state index in [2.05, 4.69) is 76.4 Å². The minimum atomic E-state index is -1.20. The third-order valence-corrected chi connectivity index (χ3v) is 11.9. The topological polar surface area (TPSA) is 0 Å². The largest absolute Gasteiger partial charge is 0.143 e. The van der Waals surface area contributed by atoms with Gasteiger partial charge in [-0.3, -0.25) is 0 Å². The average Bonchev–Trinajstić information content (AvgIpc) is 2.81. The number of rotatable bonds is 1. The molecule has 1 aromatic carbocycles. The van der Waals surface area contributed by atoms with Crippen LogP contribution in [-0.4, -0.2) is 8.07 Å². The molecule has 0 unspecified atom stereocenters. The van der Waals surface area contributed by atoms with E-state index in [4.69, 9.17) is 0 Å². The second-order valence-electron chi connectivity index (χ2n) is 5.41. The van der Waals surface area contributed by atoms with Gasteiger partial charge in [-0.2, -0.15) is 0 Å². The van der Waals surface area contributed by atoms with Gasteiger partial charge in [-0.05, 0) is 54.5 Å².